The van der Waals surface area contributed by atoms with Crippen LogP contribution in [0.25, 0.3) is 22.0 Å². The molecule has 2 aromatic carbocycles. The number of aliphatic hydroxyl groups excluding tert-OH is 1. The van der Waals surface area contributed by atoms with Crippen molar-refractivity contribution in [1.29, 1.82) is 0 Å². The first kappa shape index (κ1) is 27.1. The van der Waals surface area contributed by atoms with Crippen LogP contribution in [0, 0.1) is 17.0 Å². The van der Waals surface area contributed by atoms with Gasteiger partial charge in [0.05, 0.1) is 10.6 Å². The van der Waals surface area contributed by atoms with E-state index in [1.807, 2.05) is 23.9 Å². The monoisotopic (exact) mass is 570 g/mol. The molecule has 8 nitrogen and oxygen atoms in total. The van der Waals surface area contributed by atoms with Gasteiger partial charge in [-0.3, -0.25) is 4.90 Å². The molecule has 1 atom stereocenters. The van der Waals surface area contributed by atoms with E-state index in [9.17, 15) is 14.6 Å². The Morgan fingerprint density at radius 2 is 1.82 bits per heavy atom. The third-order valence-electron chi connectivity index (χ3n) is 8.75. The number of hydrogen-bond acceptors (Lipinski definition) is 8. The summed E-state index contributed by atoms with van der Waals surface area (Å²) in [4.78, 5) is 17.8. The minimum atomic E-state index is -0.793. The SMILES string of the molecule is C=CC(O)N1CC2(CCN(c3nc(N4CC(N(C)C)C4)nc4c(F)c(-c5c(O)cccc5F)c(Cl)cc34)CC2)C1. The second kappa shape index (κ2) is 10.1. The zero-order valence-electron chi connectivity index (χ0n) is 22.6. The molecule has 1 unspecified atom stereocenters. The zero-order chi connectivity index (χ0) is 28.3. The first-order chi connectivity index (χ1) is 19.1. The summed E-state index contributed by atoms with van der Waals surface area (Å²) in [6.45, 7) is 8.12. The summed E-state index contributed by atoms with van der Waals surface area (Å²) >= 11 is 6.58. The summed E-state index contributed by atoms with van der Waals surface area (Å²) in [5.41, 5.74) is -0.343. The van der Waals surface area contributed by atoms with E-state index in [2.05, 4.69) is 21.4 Å². The van der Waals surface area contributed by atoms with Crippen LogP contribution in [0.2, 0.25) is 5.02 Å². The molecule has 0 radical (unpaired) electrons. The van der Waals surface area contributed by atoms with Gasteiger partial charge in [-0.25, -0.2) is 13.8 Å². The third-order valence-corrected chi connectivity index (χ3v) is 9.05. The quantitative estimate of drug-likeness (QED) is 0.429. The van der Waals surface area contributed by atoms with Gasteiger partial charge in [0.25, 0.3) is 0 Å². The number of likely N-dealkylation sites (tertiary alicyclic amines) is 1. The molecule has 3 aromatic rings. The molecule has 40 heavy (non-hydrogen) atoms. The van der Waals surface area contributed by atoms with Crippen molar-refractivity contribution in [1.82, 2.24) is 19.8 Å². The average molecular weight is 571 g/mol. The molecule has 3 fully saturated rings. The minimum Gasteiger partial charge on any atom is -0.507 e. The lowest BCUT2D eigenvalue weighted by atomic mass is 9.72. The second-order valence-corrected chi connectivity index (χ2v) is 11.9. The summed E-state index contributed by atoms with van der Waals surface area (Å²) in [5, 5.41) is 20.9. The smallest absolute Gasteiger partial charge is 0.228 e. The number of aromatic nitrogens is 2. The van der Waals surface area contributed by atoms with Gasteiger partial charge in [-0.05, 0) is 56.6 Å². The number of rotatable bonds is 6. The Bertz CT molecular complexity index is 1440. The molecule has 0 saturated carbocycles. The van der Waals surface area contributed by atoms with Crippen molar-refractivity contribution in [2.75, 3.05) is 63.2 Å². The maximum absolute atomic E-state index is 16.3. The predicted octanol–water partition coefficient (Wildman–Crippen LogP) is 4.09. The molecule has 2 N–H and O–H groups in total. The number of aliphatic hydroxyl groups is 1. The summed E-state index contributed by atoms with van der Waals surface area (Å²) in [5.74, 6) is -0.961. The largest absolute Gasteiger partial charge is 0.507 e. The number of anilines is 2. The fraction of sp³-hybridized carbons (Fsp3) is 0.448. The number of halogens is 3. The van der Waals surface area contributed by atoms with Gasteiger partial charge in [0.2, 0.25) is 5.95 Å². The topological polar surface area (TPSA) is 79.2 Å². The Hall–Kier alpha value is -3.05. The Morgan fingerprint density at radius 3 is 2.45 bits per heavy atom. The number of phenols is 1. The molecular formula is C29H33ClF2N6O2. The summed E-state index contributed by atoms with van der Waals surface area (Å²) in [7, 11) is 4.03. The molecule has 11 heteroatoms. The van der Waals surface area contributed by atoms with Gasteiger partial charge in [0.15, 0.2) is 5.82 Å². The van der Waals surface area contributed by atoms with Crippen LogP contribution in [0.1, 0.15) is 12.8 Å². The Morgan fingerprint density at radius 1 is 1.12 bits per heavy atom. The van der Waals surface area contributed by atoms with Gasteiger partial charge < -0.3 is 24.9 Å². The lowest BCUT2D eigenvalue weighted by Crippen LogP contribution is -2.62. The van der Waals surface area contributed by atoms with Crippen LogP contribution in [0.15, 0.2) is 36.9 Å². The summed E-state index contributed by atoms with van der Waals surface area (Å²) < 4.78 is 31.1. The van der Waals surface area contributed by atoms with E-state index in [0.29, 0.717) is 49.4 Å². The van der Waals surface area contributed by atoms with Crippen LogP contribution in [0.3, 0.4) is 0 Å². The number of benzene rings is 2. The normalized spacial score (nSPS) is 20.2. The van der Waals surface area contributed by atoms with Gasteiger partial charge in [0.1, 0.15) is 29.1 Å². The van der Waals surface area contributed by atoms with Crippen LogP contribution in [0.5, 0.6) is 5.75 Å². The highest BCUT2D eigenvalue weighted by Gasteiger charge is 2.46. The number of hydrogen-bond donors (Lipinski definition) is 2. The van der Waals surface area contributed by atoms with Crippen molar-refractivity contribution in [2.24, 2.45) is 5.41 Å². The van der Waals surface area contributed by atoms with Gasteiger partial charge in [-0.1, -0.05) is 24.2 Å². The lowest BCUT2D eigenvalue weighted by molar-refractivity contribution is -0.0982. The van der Waals surface area contributed by atoms with Crippen molar-refractivity contribution in [3.05, 3.63) is 53.6 Å². The van der Waals surface area contributed by atoms with Gasteiger partial charge in [-0.2, -0.15) is 4.98 Å². The van der Waals surface area contributed by atoms with Crippen LogP contribution < -0.4 is 9.80 Å². The van der Waals surface area contributed by atoms with Crippen molar-refractivity contribution >= 4 is 34.3 Å². The second-order valence-electron chi connectivity index (χ2n) is 11.5. The van der Waals surface area contributed by atoms with E-state index in [0.717, 1.165) is 32.0 Å². The fourth-order valence-electron chi connectivity index (χ4n) is 6.15. The van der Waals surface area contributed by atoms with Gasteiger partial charge >= 0.3 is 0 Å². The maximum atomic E-state index is 16.3. The molecule has 3 aliphatic heterocycles. The lowest BCUT2D eigenvalue weighted by Gasteiger charge is -2.55. The van der Waals surface area contributed by atoms with Crippen molar-refractivity contribution in [3.63, 3.8) is 0 Å². The third kappa shape index (κ3) is 4.47. The van der Waals surface area contributed by atoms with Crippen LogP contribution in [-0.4, -0.2) is 95.6 Å². The number of nitrogens with zero attached hydrogens (tertiary/aromatic N) is 6. The van der Waals surface area contributed by atoms with Crippen LogP contribution in [0.4, 0.5) is 20.5 Å². The molecule has 3 aliphatic rings. The highest BCUT2D eigenvalue weighted by atomic mass is 35.5. The van der Waals surface area contributed by atoms with E-state index in [-0.39, 0.29) is 27.1 Å². The van der Waals surface area contributed by atoms with Crippen molar-refractivity contribution < 1.29 is 19.0 Å². The van der Waals surface area contributed by atoms with E-state index in [1.165, 1.54) is 12.1 Å². The minimum absolute atomic E-state index is 0.0267. The number of fused-ring (bicyclic) bond motifs is 1. The molecule has 0 aliphatic carbocycles. The molecule has 1 spiro atoms. The van der Waals surface area contributed by atoms with Crippen LogP contribution >= 0.6 is 11.6 Å². The van der Waals surface area contributed by atoms with E-state index < -0.39 is 23.6 Å². The molecule has 4 heterocycles. The Labute approximate surface area is 237 Å². The summed E-state index contributed by atoms with van der Waals surface area (Å²) in [6.07, 6.45) is 2.71. The maximum Gasteiger partial charge on any atom is 0.228 e. The van der Waals surface area contributed by atoms with Crippen LogP contribution in [-0.2, 0) is 0 Å². The zero-order valence-corrected chi connectivity index (χ0v) is 23.4. The van der Waals surface area contributed by atoms with Crippen molar-refractivity contribution in [3.8, 4) is 16.9 Å². The van der Waals surface area contributed by atoms with Gasteiger partial charge in [0, 0.05) is 56.3 Å². The molecule has 0 amide bonds. The highest BCUT2D eigenvalue weighted by Crippen LogP contribution is 2.45. The van der Waals surface area contributed by atoms with E-state index in [4.69, 9.17) is 16.6 Å². The molecule has 1 aromatic heterocycles. The molecule has 3 saturated heterocycles. The first-order valence-electron chi connectivity index (χ1n) is 13.5. The molecule has 212 valence electrons. The predicted molar refractivity (Wildman–Crippen MR) is 153 cm³/mol. The number of aromatic hydroxyl groups is 1. The van der Waals surface area contributed by atoms with Gasteiger partial charge in [-0.15, -0.1) is 0 Å². The Kier molecular flexibility index (Phi) is 6.85. The number of piperidine rings is 1. The summed E-state index contributed by atoms with van der Waals surface area (Å²) in [6, 6.07) is 5.73. The number of likely N-dealkylation sites (N-methyl/N-ethyl adjacent to an activating group) is 1. The molecule has 6 rings (SSSR count). The van der Waals surface area contributed by atoms with E-state index in [1.54, 1.807) is 12.1 Å². The standard InChI is InChI=1S/C29H33ClF2N6O2/c1-4-22(40)38-15-29(16-38)8-10-36(11-9-29)27-18-12-19(30)23(24-20(31)6-5-7-21(24)39)25(32)26(18)33-28(34-27)37-13-17(14-37)35(2)3/h4-7,12,17,22,39-40H,1,8-11,13-16H2,2-3H3. The fourth-order valence-corrected chi connectivity index (χ4v) is 6.43. The van der Waals surface area contributed by atoms with Crippen molar-refractivity contribution in [2.45, 2.75) is 25.1 Å². The number of phenolic OH excluding ortho intramolecular Hbond substituents is 1. The first-order valence-corrected chi connectivity index (χ1v) is 13.9. The average Bonchev–Trinajstić information content (AvgIpc) is 2.87. The Balaban J connectivity index is 1.39. The molecule has 0 bridgehead atoms. The highest BCUT2D eigenvalue weighted by molar-refractivity contribution is 6.34. The molecular weight excluding hydrogens is 538 g/mol. The van der Waals surface area contributed by atoms with E-state index >= 15 is 4.39 Å².